The number of aliphatic hydroxyl groups is 4. The lowest BCUT2D eigenvalue weighted by molar-refractivity contribution is -0.203. The van der Waals surface area contributed by atoms with Gasteiger partial charge in [0, 0.05) is 13.8 Å². The minimum atomic E-state index is -1.63. The van der Waals surface area contributed by atoms with E-state index in [1.165, 1.54) is 6.92 Å². The first-order chi connectivity index (χ1) is 17.2. The van der Waals surface area contributed by atoms with Crippen LogP contribution in [0.2, 0.25) is 0 Å². The molecule has 17 nitrogen and oxygen atoms in total. The van der Waals surface area contributed by atoms with Crippen LogP contribution in [0.3, 0.4) is 0 Å². The number of amides is 6. The highest BCUT2D eigenvalue weighted by Crippen LogP contribution is 2.20. The van der Waals surface area contributed by atoms with Crippen LogP contribution >= 0.6 is 0 Å². The molecule has 11 N–H and O–H groups in total. The molecule has 0 aromatic carbocycles. The van der Waals surface area contributed by atoms with Crippen LogP contribution in [0.25, 0.3) is 0 Å². The van der Waals surface area contributed by atoms with Gasteiger partial charge in [-0.1, -0.05) is 0 Å². The molecule has 0 aliphatic carbocycles. The van der Waals surface area contributed by atoms with Crippen molar-refractivity contribution in [2.45, 2.75) is 76.0 Å². The van der Waals surface area contributed by atoms with Crippen LogP contribution in [0.15, 0.2) is 0 Å². The summed E-state index contributed by atoms with van der Waals surface area (Å²) < 4.78 is 5.37. The number of rotatable bonds is 12. The molecule has 1 aliphatic rings. The van der Waals surface area contributed by atoms with Crippen molar-refractivity contribution in [1.29, 1.82) is 0 Å². The Kier molecular flexibility index (Phi) is 12.3. The molecule has 1 heterocycles. The van der Waals surface area contributed by atoms with Crippen molar-refractivity contribution in [3.05, 3.63) is 0 Å². The van der Waals surface area contributed by atoms with Crippen molar-refractivity contribution in [3.63, 3.8) is 0 Å². The zero-order chi connectivity index (χ0) is 28.4. The van der Waals surface area contributed by atoms with E-state index in [9.17, 15) is 49.2 Å². The Bertz CT molecular complexity index is 870. The molecule has 1 aliphatic heterocycles. The Balaban J connectivity index is 2.86. The van der Waals surface area contributed by atoms with Gasteiger partial charge in [-0.25, -0.2) is 0 Å². The molecule has 0 spiro atoms. The number of carbonyl (C=O) groups is 6. The lowest BCUT2D eigenvalue weighted by Crippen LogP contribution is -2.68. The van der Waals surface area contributed by atoms with E-state index < -0.39 is 104 Å². The van der Waals surface area contributed by atoms with Crippen LogP contribution in [0.4, 0.5) is 0 Å². The molecule has 0 radical (unpaired) electrons. The normalized spacial score (nSPS) is 25.5. The topological polar surface area (TPSA) is 279 Å². The second-order valence-corrected chi connectivity index (χ2v) is 8.42. The van der Waals surface area contributed by atoms with E-state index in [1.54, 1.807) is 0 Å². The van der Waals surface area contributed by atoms with Gasteiger partial charge >= 0.3 is 0 Å². The summed E-state index contributed by atoms with van der Waals surface area (Å²) in [4.78, 5) is 71.6. The monoisotopic (exact) mass is 534 g/mol. The molecule has 8 atom stereocenters. The summed E-state index contributed by atoms with van der Waals surface area (Å²) in [5.41, 5.74) is 5.08. The molecule has 0 aromatic rings. The molecular weight excluding hydrogens is 500 g/mol. The first-order valence-electron chi connectivity index (χ1n) is 11.2. The van der Waals surface area contributed by atoms with E-state index >= 15 is 0 Å². The lowest BCUT2D eigenvalue weighted by Gasteiger charge is -2.42. The Morgan fingerprint density at radius 2 is 1.57 bits per heavy atom. The maximum Gasteiger partial charge on any atom is 0.243 e. The number of nitrogens with two attached hydrogens (primary N) is 1. The zero-order valence-corrected chi connectivity index (χ0v) is 20.5. The highest BCUT2D eigenvalue weighted by molar-refractivity contribution is 5.94. The van der Waals surface area contributed by atoms with E-state index in [1.807, 2.05) is 0 Å². The smallest absolute Gasteiger partial charge is 0.243 e. The second kappa shape index (κ2) is 14.4. The Hall–Kier alpha value is -3.38. The second-order valence-electron chi connectivity index (χ2n) is 8.42. The predicted molar refractivity (Wildman–Crippen MR) is 122 cm³/mol. The van der Waals surface area contributed by atoms with Gasteiger partial charge in [-0.05, 0) is 6.92 Å². The van der Waals surface area contributed by atoms with Gasteiger partial charge in [0.15, 0.2) is 6.23 Å². The SMILES string of the molecule is CC(=O)NC1C(O)[C@H](O)C(CO)O[C@H]1NC(=O)C[C@H](NC(C)=O)C(=O)NCC(=O)N[C@H](C(N)=O)C(C)O. The van der Waals surface area contributed by atoms with Gasteiger partial charge in [-0.15, -0.1) is 0 Å². The summed E-state index contributed by atoms with van der Waals surface area (Å²) in [6.45, 7) is 2.00. The summed E-state index contributed by atoms with van der Waals surface area (Å²) >= 11 is 0. The third-order valence-corrected chi connectivity index (χ3v) is 5.21. The third kappa shape index (κ3) is 9.89. The van der Waals surface area contributed by atoms with Crippen molar-refractivity contribution in [2.24, 2.45) is 5.73 Å². The molecule has 6 amide bonds. The fraction of sp³-hybridized carbons (Fsp3) is 0.700. The molecular formula is C20H34N6O11. The molecule has 0 bridgehead atoms. The minimum absolute atomic E-state index is 0.621. The molecule has 4 unspecified atom stereocenters. The fourth-order valence-corrected chi connectivity index (χ4v) is 3.44. The van der Waals surface area contributed by atoms with Gasteiger partial charge < -0.3 is 57.5 Å². The molecule has 1 fully saturated rings. The van der Waals surface area contributed by atoms with Crippen LogP contribution in [0.1, 0.15) is 27.2 Å². The van der Waals surface area contributed by atoms with Gasteiger partial charge in [0.1, 0.15) is 36.4 Å². The lowest BCUT2D eigenvalue weighted by atomic mass is 9.95. The maximum absolute atomic E-state index is 12.7. The third-order valence-electron chi connectivity index (χ3n) is 5.21. The maximum atomic E-state index is 12.7. The van der Waals surface area contributed by atoms with Crippen molar-refractivity contribution < 1.29 is 53.9 Å². The van der Waals surface area contributed by atoms with E-state index in [2.05, 4.69) is 26.6 Å². The van der Waals surface area contributed by atoms with E-state index in [0.29, 0.717) is 0 Å². The van der Waals surface area contributed by atoms with Crippen LogP contribution in [-0.2, 0) is 33.5 Å². The highest BCUT2D eigenvalue weighted by atomic mass is 16.5. The van der Waals surface area contributed by atoms with E-state index in [-0.39, 0.29) is 0 Å². The Labute approximate surface area is 211 Å². The summed E-state index contributed by atoms with van der Waals surface area (Å²) in [6.07, 6.45) is -7.92. The summed E-state index contributed by atoms with van der Waals surface area (Å²) in [5.74, 6) is -5.07. The first-order valence-corrected chi connectivity index (χ1v) is 11.2. The van der Waals surface area contributed by atoms with Crippen molar-refractivity contribution >= 4 is 35.4 Å². The van der Waals surface area contributed by atoms with Gasteiger partial charge in [0.25, 0.3) is 0 Å². The number of ether oxygens (including phenoxy) is 1. The molecule has 17 heteroatoms. The van der Waals surface area contributed by atoms with E-state index in [0.717, 1.165) is 13.8 Å². The predicted octanol–water partition coefficient (Wildman–Crippen LogP) is -6.59. The standard InChI is InChI=1S/C20H34N6O11/c1-7(28)14(18(21)35)25-13(32)5-22-19(36)10(23-8(2)29)4-12(31)26-20-15(24-9(3)30)17(34)16(33)11(6-27)37-20/h7,10-11,14-17,20,27-28,33-34H,4-6H2,1-3H3,(H2,21,35)(H,22,36)(H,23,29)(H,24,30)(H,25,32)(H,26,31)/t7?,10-,11?,14-,15?,16+,17?,20+/m0/s1. The average molecular weight is 535 g/mol. The van der Waals surface area contributed by atoms with Gasteiger partial charge in [0.2, 0.25) is 35.4 Å². The summed E-state index contributed by atoms with van der Waals surface area (Å²) in [5, 5.41) is 50.4. The zero-order valence-electron chi connectivity index (χ0n) is 20.5. The average Bonchev–Trinajstić information content (AvgIpc) is 2.79. The van der Waals surface area contributed by atoms with Gasteiger partial charge in [-0.2, -0.15) is 0 Å². The van der Waals surface area contributed by atoms with Crippen LogP contribution in [-0.4, -0.2) is 118 Å². The van der Waals surface area contributed by atoms with E-state index in [4.69, 9.17) is 10.5 Å². The van der Waals surface area contributed by atoms with Crippen molar-refractivity contribution in [2.75, 3.05) is 13.2 Å². The quantitative estimate of drug-likeness (QED) is 0.112. The molecule has 1 saturated heterocycles. The summed E-state index contributed by atoms with van der Waals surface area (Å²) in [7, 11) is 0. The van der Waals surface area contributed by atoms with Gasteiger partial charge in [0.05, 0.1) is 25.7 Å². The molecule has 0 saturated carbocycles. The number of carbonyl (C=O) groups excluding carboxylic acids is 6. The number of hydrogen-bond donors (Lipinski definition) is 10. The molecule has 0 aromatic heterocycles. The highest BCUT2D eigenvalue weighted by Gasteiger charge is 2.45. The van der Waals surface area contributed by atoms with Crippen molar-refractivity contribution in [1.82, 2.24) is 26.6 Å². The van der Waals surface area contributed by atoms with Crippen LogP contribution < -0.4 is 32.3 Å². The number of aliphatic hydroxyl groups excluding tert-OH is 4. The fourth-order valence-electron chi connectivity index (χ4n) is 3.44. The van der Waals surface area contributed by atoms with Gasteiger partial charge in [-0.3, -0.25) is 28.8 Å². The molecule has 1 rings (SSSR count). The van der Waals surface area contributed by atoms with Crippen LogP contribution in [0.5, 0.6) is 0 Å². The minimum Gasteiger partial charge on any atom is -0.394 e. The molecule has 37 heavy (non-hydrogen) atoms. The Morgan fingerprint density at radius 1 is 0.946 bits per heavy atom. The largest absolute Gasteiger partial charge is 0.394 e. The first kappa shape index (κ1) is 31.6. The summed E-state index contributed by atoms with van der Waals surface area (Å²) in [6, 6.07) is -4.21. The Morgan fingerprint density at radius 3 is 2.05 bits per heavy atom. The van der Waals surface area contributed by atoms with Crippen LogP contribution in [0, 0.1) is 0 Å². The number of primary amides is 1. The molecule has 210 valence electrons. The van der Waals surface area contributed by atoms with Crippen molar-refractivity contribution in [3.8, 4) is 0 Å². The number of hydrogen-bond acceptors (Lipinski definition) is 11. The number of nitrogens with one attached hydrogen (secondary N) is 5.